The van der Waals surface area contributed by atoms with E-state index in [1.807, 2.05) is 27.0 Å². The Morgan fingerprint density at radius 1 is 1.50 bits per heavy atom. The number of rotatable bonds is 4. The van der Waals surface area contributed by atoms with Crippen molar-refractivity contribution < 1.29 is 0 Å². The van der Waals surface area contributed by atoms with E-state index >= 15 is 0 Å². The van der Waals surface area contributed by atoms with Gasteiger partial charge in [0.25, 0.3) is 5.56 Å². The number of aromatic amines is 1. The van der Waals surface area contributed by atoms with Crippen LogP contribution in [0, 0.1) is 0 Å². The van der Waals surface area contributed by atoms with Crippen LogP contribution in [0.2, 0.25) is 0 Å². The van der Waals surface area contributed by atoms with Crippen molar-refractivity contribution in [3.8, 4) is 0 Å². The molecule has 0 bridgehead atoms. The van der Waals surface area contributed by atoms with Crippen LogP contribution in [0.5, 0.6) is 0 Å². The minimum Gasteiger partial charge on any atom is -0.337 e. The molecule has 0 atom stereocenters. The van der Waals surface area contributed by atoms with Crippen molar-refractivity contribution >= 4 is 11.5 Å². The van der Waals surface area contributed by atoms with E-state index in [1.165, 1.54) is 6.07 Å². The molecule has 2 aromatic rings. The monoisotopic (exact) mass is 247 g/mol. The maximum absolute atomic E-state index is 11.5. The van der Waals surface area contributed by atoms with Crippen LogP contribution in [-0.4, -0.2) is 19.7 Å². The minimum absolute atomic E-state index is 0.154. The van der Waals surface area contributed by atoms with Crippen molar-refractivity contribution in [3.05, 3.63) is 34.6 Å². The second kappa shape index (κ2) is 5.03. The Bertz CT molecular complexity index is 584. The highest BCUT2D eigenvalue weighted by atomic mass is 16.1. The quantitative estimate of drug-likeness (QED) is 0.864. The lowest BCUT2D eigenvalue weighted by atomic mass is 10.2. The number of anilines is 2. The zero-order chi connectivity index (χ0) is 13.1. The van der Waals surface area contributed by atoms with Crippen LogP contribution < -0.4 is 10.9 Å². The summed E-state index contributed by atoms with van der Waals surface area (Å²) in [5.41, 5.74) is 0.670. The molecule has 0 unspecified atom stereocenters. The van der Waals surface area contributed by atoms with Gasteiger partial charge in [-0.3, -0.25) is 9.48 Å². The van der Waals surface area contributed by atoms with Crippen molar-refractivity contribution in [2.24, 2.45) is 0 Å². The SMILES string of the molecule is CCn1cc(Nc2cc(=O)[nH]c(C(C)C)n2)cn1. The Labute approximate surface area is 105 Å². The van der Waals surface area contributed by atoms with E-state index in [4.69, 9.17) is 0 Å². The molecule has 2 aromatic heterocycles. The Balaban J connectivity index is 2.25. The Morgan fingerprint density at radius 2 is 2.28 bits per heavy atom. The van der Waals surface area contributed by atoms with Gasteiger partial charge in [0.2, 0.25) is 0 Å². The van der Waals surface area contributed by atoms with Crippen LogP contribution in [0.3, 0.4) is 0 Å². The van der Waals surface area contributed by atoms with Gasteiger partial charge in [-0.1, -0.05) is 13.8 Å². The van der Waals surface area contributed by atoms with E-state index in [0.717, 1.165) is 12.2 Å². The molecule has 0 saturated carbocycles. The highest BCUT2D eigenvalue weighted by molar-refractivity contribution is 5.53. The second-order valence-corrected chi connectivity index (χ2v) is 4.38. The molecule has 2 N–H and O–H groups in total. The maximum Gasteiger partial charge on any atom is 0.252 e. The van der Waals surface area contributed by atoms with Crippen LogP contribution in [-0.2, 0) is 6.54 Å². The topological polar surface area (TPSA) is 75.6 Å². The van der Waals surface area contributed by atoms with Gasteiger partial charge in [0.05, 0.1) is 11.9 Å². The molecule has 0 aliphatic heterocycles. The fraction of sp³-hybridized carbons (Fsp3) is 0.417. The van der Waals surface area contributed by atoms with Gasteiger partial charge >= 0.3 is 0 Å². The van der Waals surface area contributed by atoms with Gasteiger partial charge in [-0.2, -0.15) is 5.10 Å². The van der Waals surface area contributed by atoms with Crippen LogP contribution in [0.25, 0.3) is 0 Å². The van der Waals surface area contributed by atoms with Crippen molar-refractivity contribution in [2.75, 3.05) is 5.32 Å². The number of nitrogens with zero attached hydrogens (tertiary/aromatic N) is 3. The molecule has 0 saturated heterocycles. The molecular weight excluding hydrogens is 230 g/mol. The summed E-state index contributed by atoms with van der Waals surface area (Å²) < 4.78 is 1.80. The molecule has 0 fully saturated rings. The zero-order valence-corrected chi connectivity index (χ0v) is 10.8. The van der Waals surface area contributed by atoms with Crippen molar-refractivity contribution in [3.63, 3.8) is 0 Å². The standard InChI is InChI=1S/C12H17N5O/c1-4-17-7-9(6-13-17)14-10-5-11(18)16-12(15-10)8(2)3/h5-8H,4H2,1-3H3,(H2,14,15,16,18). The predicted molar refractivity (Wildman–Crippen MR) is 70.1 cm³/mol. The molecule has 6 nitrogen and oxygen atoms in total. The highest BCUT2D eigenvalue weighted by Gasteiger charge is 2.06. The highest BCUT2D eigenvalue weighted by Crippen LogP contribution is 2.14. The zero-order valence-electron chi connectivity index (χ0n) is 10.8. The van der Waals surface area contributed by atoms with Crippen LogP contribution in [0.15, 0.2) is 23.3 Å². The summed E-state index contributed by atoms with van der Waals surface area (Å²) in [6.07, 6.45) is 3.58. The summed E-state index contributed by atoms with van der Waals surface area (Å²) in [5.74, 6) is 1.39. The summed E-state index contributed by atoms with van der Waals surface area (Å²) in [6.45, 7) is 6.79. The average molecular weight is 247 g/mol. The summed E-state index contributed by atoms with van der Waals surface area (Å²) in [5, 5.41) is 7.23. The van der Waals surface area contributed by atoms with Gasteiger partial charge in [0.15, 0.2) is 0 Å². The molecule has 0 radical (unpaired) electrons. The normalized spacial score (nSPS) is 10.9. The lowest BCUT2D eigenvalue weighted by Gasteiger charge is -2.07. The average Bonchev–Trinajstić information content (AvgIpc) is 2.76. The molecule has 18 heavy (non-hydrogen) atoms. The maximum atomic E-state index is 11.5. The van der Waals surface area contributed by atoms with Gasteiger partial charge in [-0.15, -0.1) is 0 Å². The van der Waals surface area contributed by atoms with Crippen LogP contribution in [0.4, 0.5) is 11.5 Å². The smallest absolute Gasteiger partial charge is 0.252 e. The number of hydrogen-bond acceptors (Lipinski definition) is 4. The molecule has 2 heterocycles. The van der Waals surface area contributed by atoms with Crippen LogP contribution >= 0.6 is 0 Å². The first-order chi connectivity index (χ1) is 8.58. The van der Waals surface area contributed by atoms with Gasteiger partial charge < -0.3 is 10.3 Å². The summed E-state index contributed by atoms with van der Waals surface area (Å²) in [4.78, 5) is 18.6. The largest absolute Gasteiger partial charge is 0.337 e. The van der Waals surface area contributed by atoms with E-state index in [0.29, 0.717) is 11.6 Å². The third kappa shape index (κ3) is 2.77. The van der Waals surface area contributed by atoms with E-state index in [9.17, 15) is 4.79 Å². The molecule has 0 aliphatic carbocycles. The predicted octanol–water partition coefficient (Wildman–Crippen LogP) is 1.85. The van der Waals surface area contributed by atoms with Crippen molar-refractivity contribution in [2.45, 2.75) is 33.2 Å². The van der Waals surface area contributed by atoms with Crippen molar-refractivity contribution in [1.29, 1.82) is 0 Å². The number of aryl methyl sites for hydroxylation is 1. The van der Waals surface area contributed by atoms with E-state index in [1.54, 1.807) is 10.9 Å². The lowest BCUT2D eigenvalue weighted by Crippen LogP contribution is -2.13. The number of H-pyrrole nitrogens is 1. The van der Waals surface area contributed by atoms with Gasteiger partial charge in [-0.05, 0) is 6.92 Å². The first-order valence-corrected chi connectivity index (χ1v) is 5.99. The third-order valence-corrected chi connectivity index (χ3v) is 2.54. The van der Waals surface area contributed by atoms with Gasteiger partial charge in [0.1, 0.15) is 11.6 Å². The second-order valence-electron chi connectivity index (χ2n) is 4.38. The summed E-state index contributed by atoms with van der Waals surface area (Å²) >= 11 is 0. The van der Waals surface area contributed by atoms with Crippen LogP contribution in [0.1, 0.15) is 32.5 Å². The van der Waals surface area contributed by atoms with Gasteiger partial charge in [0, 0.05) is 24.7 Å². The van der Waals surface area contributed by atoms with E-state index in [-0.39, 0.29) is 11.5 Å². The Morgan fingerprint density at radius 3 is 2.89 bits per heavy atom. The number of aromatic nitrogens is 4. The summed E-state index contributed by atoms with van der Waals surface area (Å²) in [7, 11) is 0. The van der Waals surface area contributed by atoms with E-state index < -0.39 is 0 Å². The fourth-order valence-corrected chi connectivity index (χ4v) is 1.56. The number of hydrogen-bond donors (Lipinski definition) is 2. The van der Waals surface area contributed by atoms with E-state index in [2.05, 4.69) is 20.4 Å². The molecule has 96 valence electrons. The summed E-state index contributed by atoms with van der Waals surface area (Å²) in [6, 6.07) is 1.44. The number of nitrogens with one attached hydrogen (secondary N) is 2. The molecule has 0 aromatic carbocycles. The molecule has 0 spiro atoms. The Kier molecular flexibility index (Phi) is 3.45. The lowest BCUT2D eigenvalue weighted by molar-refractivity contribution is 0.660. The minimum atomic E-state index is -0.154. The first-order valence-electron chi connectivity index (χ1n) is 5.99. The first kappa shape index (κ1) is 12.3. The molecule has 2 rings (SSSR count). The fourth-order valence-electron chi connectivity index (χ4n) is 1.56. The van der Waals surface area contributed by atoms with Crippen molar-refractivity contribution in [1.82, 2.24) is 19.7 Å². The molecule has 0 aliphatic rings. The Hall–Kier alpha value is -2.11. The molecule has 6 heteroatoms. The van der Waals surface area contributed by atoms with Gasteiger partial charge in [-0.25, -0.2) is 4.98 Å². The molecular formula is C12H17N5O. The molecule has 0 amide bonds. The third-order valence-electron chi connectivity index (χ3n) is 2.54.